The molecule has 3 unspecified atom stereocenters. The number of amides is 3. The largest absolute Gasteiger partial charge is 0.507 e. The quantitative estimate of drug-likeness (QED) is 0.0534. The molecular formula is C41H61IN4O7. The summed E-state index contributed by atoms with van der Waals surface area (Å²) in [7, 11) is 0. The third kappa shape index (κ3) is 17.9. The van der Waals surface area contributed by atoms with E-state index in [1.54, 1.807) is 18.2 Å². The SMILES string of the molecule is CCC(C)(C)C(=O)CCCCCCC(=O)NCCCCC(NC(=O)C(Cc1ccccc1)NC(=O)C(Cc1ccc(O)c(I)c1)NC(C)(C)C)C(=O)O. The molecule has 6 N–H and O–H groups in total. The number of carbonyl (C=O) groups excluding carboxylic acids is 4. The molecule has 3 amide bonds. The maximum Gasteiger partial charge on any atom is 0.326 e. The number of Topliss-reactive ketones (excluding diaryl/α,β-unsaturated/α-hetero) is 1. The van der Waals surface area contributed by atoms with Crippen molar-refractivity contribution in [3.63, 3.8) is 0 Å². The van der Waals surface area contributed by atoms with Crippen molar-refractivity contribution >= 4 is 52.1 Å². The number of halogens is 1. The number of carboxylic acids is 1. The lowest BCUT2D eigenvalue weighted by atomic mass is 9.83. The summed E-state index contributed by atoms with van der Waals surface area (Å²) in [6, 6.07) is 11.4. The predicted octanol–water partition coefficient (Wildman–Crippen LogP) is 6.23. The van der Waals surface area contributed by atoms with E-state index in [2.05, 4.69) is 21.3 Å². The van der Waals surface area contributed by atoms with E-state index in [9.17, 15) is 34.2 Å². The molecule has 11 nitrogen and oxygen atoms in total. The van der Waals surface area contributed by atoms with Gasteiger partial charge in [0.1, 0.15) is 23.6 Å². The minimum absolute atomic E-state index is 0.0600. The summed E-state index contributed by atoms with van der Waals surface area (Å²) in [5.74, 6) is -1.81. The first-order chi connectivity index (χ1) is 24.9. The lowest BCUT2D eigenvalue weighted by Crippen LogP contribution is -2.58. The van der Waals surface area contributed by atoms with Gasteiger partial charge in [-0.1, -0.05) is 70.0 Å². The average molecular weight is 849 g/mol. The second-order valence-electron chi connectivity index (χ2n) is 15.5. The van der Waals surface area contributed by atoms with Crippen molar-refractivity contribution in [2.24, 2.45) is 5.41 Å². The molecule has 0 radical (unpaired) electrons. The highest BCUT2D eigenvalue weighted by Crippen LogP contribution is 2.24. The fourth-order valence-electron chi connectivity index (χ4n) is 5.76. The number of phenolic OH excluding ortho intramolecular Hbond substituents is 1. The van der Waals surface area contributed by atoms with Crippen molar-refractivity contribution in [3.8, 4) is 5.75 Å². The number of benzene rings is 2. The molecule has 0 bridgehead atoms. The number of hydrogen-bond acceptors (Lipinski definition) is 7. The summed E-state index contributed by atoms with van der Waals surface area (Å²) in [5.41, 5.74) is 0.912. The van der Waals surface area contributed by atoms with Gasteiger partial charge in [0.15, 0.2) is 0 Å². The van der Waals surface area contributed by atoms with Crippen molar-refractivity contribution in [2.75, 3.05) is 6.54 Å². The van der Waals surface area contributed by atoms with E-state index in [4.69, 9.17) is 0 Å². The van der Waals surface area contributed by atoms with Gasteiger partial charge in [-0.05, 0) is 112 Å². The Morgan fingerprint density at radius 1 is 0.736 bits per heavy atom. The Kier molecular flexibility index (Phi) is 19.5. The number of rotatable bonds is 24. The van der Waals surface area contributed by atoms with Crippen LogP contribution in [0.2, 0.25) is 0 Å². The molecule has 0 fully saturated rings. The first-order valence-electron chi connectivity index (χ1n) is 18.8. The number of aromatic hydroxyl groups is 1. The van der Waals surface area contributed by atoms with Crippen molar-refractivity contribution in [1.29, 1.82) is 0 Å². The van der Waals surface area contributed by atoms with Gasteiger partial charge >= 0.3 is 5.97 Å². The normalized spacial score (nSPS) is 13.4. The topological polar surface area (TPSA) is 174 Å². The van der Waals surface area contributed by atoms with Crippen LogP contribution in [0, 0.1) is 8.99 Å². The zero-order valence-electron chi connectivity index (χ0n) is 32.4. The molecular weight excluding hydrogens is 787 g/mol. The lowest BCUT2D eigenvalue weighted by Gasteiger charge is -2.30. The van der Waals surface area contributed by atoms with Crippen LogP contribution in [0.5, 0.6) is 5.75 Å². The summed E-state index contributed by atoms with van der Waals surface area (Å²) in [4.78, 5) is 64.3. The molecule has 2 aromatic rings. The Balaban J connectivity index is 1.94. The van der Waals surface area contributed by atoms with E-state index in [0.717, 1.165) is 43.2 Å². The van der Waals surface area contributed by atoms with Gasteiger partial charge in [-0.3, -0.25) is 19.2 Å². The molecule has 53 heavy (non-hydrogen) atoms. The Bertz CT molecular complexity index is 1490. The van der Waals surface area contributed by atoms with Crippen molar-refractivity contribution in [1.82, 2.24) is 21.3 Å². The zero-order chi connectivity index (χ0) is 39.6. The van der Waals surface area contributed by atoms with E-state index in [1.807, 2.05) is 94.5 Å². The summed E-state index contributed by atoms with van der Waals surface area (Å²) < 4.78 is 0.655. The van der Waals surface area contributed by atoms with Crippen LogP contribution in [-0.2, 0) is 36.8 Å². The number of hydrogen-bond donors (Lipinski definition) is 6. The van der Waals surface area contributed by atoms with E-state index in [-0.39, 0.29) is 35.7 Å². The molecule has 2 rings (SSSR count). The van der Waals surface area contributed by atoms with Crippen LogP contribution in [-0.4, -0.2) is 69.9 Å². The second-order valence-corrected chi connectivity index (χ2v) is 16.7. The van der Waals surface area contributed by atoms with Gasteiger partial charge < -0.3 is 31.5 Å². The fourth-order valence-corrected chi connectivity index (χ4v) is 6.34. The number of carbonyl (C=O) groups is 5. The van der Waals surface area contributed by atoms with Crippen LogP contribution < -0.4 is 21.3 Å². The maximum absolute atomic E-state index is 13.8. The first kappa shape index (κ1) is 45.6. The molecule has 294 valence electrons. The molecule has 0 spiro atoms. The third-order valence-electron chi connectivity index (χ3n) is 9.34. The van der Waals surface area contributed by atoms with Gasteiger partial charge in [0.25, 0.3) is 0 Å². The molecule has 2 aromatic carbocycles. The molecule has 0 saturated carbocycles. The summed E-state index contributed by atoms with van der Waals surface area (Å²) in [5, 5.41) is 31.7. The smallest absolute Gasteiger partial charge is 0.326 e. The summed E-state index contributed by atoms with van der Waals surface area (Å²) in [6.45, 7) is 12.2. The lowest BCUT2D eigenvalue weighted by molar-refractivity contribution is -0.142. The maximum atomic E-state index is 13.8. The minimum atomic E-state index is -1.18. The predicted molar refractivity (Wildman–Crippen MR) is 216 cm³/mol. The molecule has 0 heterocycles. The van der Waals surface area contributed by atoms with E-state index in [0.29, 0.717) is 42.2 Å². The highest BCUT2D eigenvalue weighted by molar-refractivity contribution is 14.1. The van der Waals surface area contributed by atoms with Crippen LogP contribution in [0.15, 0.2) is 48.5 Å². The van der Waals surface area contributed by atoms with Crippen molar-refractivity contribution in [3.05, 3.63) is 63.2 Å². The molecule has 0 aromatic heterocycles. The number of carboxylic acid groups (broad SMARTS) is 1. The molecule has 12 heteroatoms. The van der Waals surface area contributed by atoms with E-state index < -0.39 is 41.4 Å². The van der Waals surface area contributed by atoms with E-state index >= 15 is 0 Å². The van der Waals surface area contributed by atoms with Crippen LogP contribution in [0.4, 0.5) is 0 Å². The second kappa shape index (κ2) is 22.6. The Morgan fingerprint density at radius 3 is 1.94 bits per heavy atom. The third-order valence-corrected chi connectivity index (χ3v) is 10.2. The van der Waals surface area contributed by atoms with Crippen LogP contribution in [0.25, 0.3) is 0 Å². The van der Waals surface area contributed by atoms with Gasteiger partial charge in [0, 0.05) is 36.8 Å². The number of nitrogens with one attached hydrogen (secondary N) is 4. The molecule has 0 aliphatic carbocycles. The highest BCUT2D eigenvalue weighted by Gasteiger charge is 2.31. The molecule has 0 aliphatic rings. The number of phenols is 1. The minimum Gasteiger partial charge on any atom is -0.507 e. The number of aliphatic carboxylic acids is 1. The first-order valence-corrected chi connectivity index (χ1v) is 19.9. The molecule has 0 saturated heterocycles. The van der Waals surface area contributed by atoms with Gasteiger partial charge in [0.2, 0.25) is 17.7 Å². The highest BCUT2D eigenvalue weighted by atomic mass is 127. The Morgan fingerprint density at radius 2 is 1.34 bits per heavy atom. The average Bonchev–Trinajstić information content (AvgIpc) is 3.09. The van der Waals surface area contributed by atoms with Gasteiger partial charge in [-0.2, -0.15) is 0 Å². The molecule has 0 aliphatic heterocycles. The monoisotopic (exact) mass is 848 g/mol. The number of unbranched alkanes of at least 4 members (excludes halogenated alkanes) is 4. The van der Waals surface area contributed by atoms with Crippen LogP contribution in [0.1, 0.15) is 117 Å². The summed E-state index contributed by atoms with van der Waals surface area (Å²) >= 11 is 2.03. The number of ketones is 1. The zero-order valence-corrected chi connectivity index (χ0v) is 34.5. The summed E-state index contributed by atoms with van der Waals surface area (Å²) in [6.07, 6.45) is 6.78. The van der Waals surface area contributed by atoms with E-state index in [1.165, 1.54) is 0 Å². The van der Waals surface area contributed by atoms with Gasteiger partial charge in [-0.15, -0.1) is 0 Å². The van der Waals surface area contributed by atoms with Crippen LogP contribution >= 0.6 is 22.6 Å². The van der Waals surface area contributed by atoms with Crippen LogP contribution in [0.3, 0.4) is 0 Å². The Hall–Kier alpha value is -3.52. The molecule has 3 atom stereocenters. The van der Waals surface area contributed by atoms with Gasteiger partial charge in [-0.25, -0.2) is 4.79 Å². The Labute approximate surface area is 329 Å². The fraction of sp³-hybridized carbons (Fsp3) is 0.585. The van der Waals surface area contributed by atoms with Crippen molar-refractivity contribution < 1.29 is 34.2 Å². The van der Waals surface area contributed by atoms with Crippen molar-refractivity contribution in [2.45, 2.75) is 142 Å². The van der Waals surface area contributed by atoms with Gasteiger partial charge in [0.05, 0.1) is 9.61 Å². The standard InChI is InChI=1S/C41H61IN4O7/c1-7-41(5,6)35(48)20-13-8-9-14-21-36(49)43-24-16-15-19-31(39(52)53)44-37(50)32(26-28-17-11-10-12-18-28)45-38(51)33(46-40(2,3)4)27-29-22-23-34(47)30(42)25-29/h10-12,17-18,22-23,25,31-33,46-47H,7-9,13-16,19-21,24,26-27H2,1-6H3,(H,43,49)(H,44,50)(H,45,51)(H,52,53).